The highest BCUT2D eigenvalue weighted by atomic mass is 32.2. The molecule has 1 amide bonds. The molecule has 2 aromatic rings. The van der Waals surface area contributed by atoms with Crippen LogP contribution in [0, 0.1) is 0 Å². The van der Waals surface area contributed by atoms with Crippen molar-refractivity contribution in [3.05, 3.63) is 59.0 Å². The average Bonchev–Trinajstić information content (AvgIpc) is 3.01. The normalized spacial score (nSPS) is 15.1. The predicted octanol–water partition coefficient (Wildman–Crippen LogP) is 4.81. The highest BCUT2D eigenvalue weighted by molar-refractivity contribution is 8.26. The zero-order valence-corrected chi connectivity index (χ0v) is 18.5. The van der Waals surface area contributed by atoms with Crippen LogP contribution in [0.5, 0.6) is 5.75 Å². The molecule has 1 saturated heterocycles. The SMILES string of the molecule is CCN(CC)c1ccc(/C=C2\SC(=S)N(CNc3ccccc3OC)C2=O)cc1. The summed E-state index contributed by atoms with van der Waals surface area (Å²) in [5.74, 6) is 0.636. The number of hydrogen-bond acceptors (Lipinski definition) is 6. The van der Waals surface area contributed by atoms with Gasteiger partial charge in [-0.1, -0.05) is 48.2 Å². The van der Waals surface area contributed by atoms with E-state index in [1.165, 1.54) is 17.4 Å². The van der Waals surface area contributed by atoms with Crippen LogP contribution in [0.2, 0.25) is 0 Å². The van der Waals surface area contributed by atoms with Crippen LogP contribution < -0.4 is 15.0 Å². The molecule has 7 heteroatoms. The molecule has 0 aliphatic carbocycles. The fourth-order valence-electron chi connectivity index (χ4n) is 3.11. The third kappa shape index (κ3) is 4.92. The van der Waals surface area contributed by atoms with E-state index in [1.807, 2.05) is 42.5 Å². The molecule has 0 atom stereocenters. The van der Waals surface area contributed by atoms with Crippen molar-refractivity contribution in [1.29, 1.82) is 0 Å². The van der Waals surface area contributed by atoms with Crippen LogP contribution in [0.4, 0.5) is 11.4 Å². The molecule has 0 unspecified atom stereocenters. The van der Waals surface area contributed by atoms with Crippen LogP contribution in [-0.2, 0) is 4.79 Å². The highest BCUT2D eigenvalue weighted by Crippen LogP contribution is 2.33. The number of thiocarbonyl (C=S) groups is 1. The zero-order chi connectivity index (χ0) is 20.8. The number of methoxy groups -OCH3 is 1. The Hall–Kier alpha value is -2.51. The molecule has 0 saturated carbocycles. The molecule has 0 spiro atoms. The van der Waals surface area contributed by atoms with Gasteiger partial charge < -0.3 is 15.0 Å². The Kier molecular flexibility index (Phi) is 7.17. The smallest absolute Gasteiger partial charge is 0.267 e. The second-order valence-electron chi connectivity index (χ2n) is 6.41. The van der Waals surface area contributed by atoms with Gasteiger partial charge in [0.15, 0.2) is 0 Å². The molecule has 0 aromatic heterocycles. The van der Waals surface area contributed by atoms with E-state index in [-0.39, 0.29) is 5.91 Å². The quantitative estimate of drug-likeness (QED) is 0.482. The number of amides is 1. The molecule has 1 N–H and O–H groups in total. The van der Waals surface area contributed by atoms with Gasteiger partial charge >= 0.3 is 0 Å². The third-order valence-corrected chi connectivity index (χ3v) is 6.11. The topological polar surface area (TPSA) is 44.8 Å². The number of carbonyl (C=O) groups excluding carboxylic acids is 1. The second kappa shape index (κ2) is 9.80. The lowest BCUT2D eigenvalue weighted by atomic mass is 10.1. The summed E-state index contributed by atoms with van der Waals surface area (Å²) in [6.45, 7) is 6.51. The van der Waals surface area contributed by atoms with Crippen LogP contribution in [0.1, 0.15) is 19.4 Å². The van der Waals surface area contributed by atoms with E-state index in [2.05, 4.69) is 36.2 Å². The minimum absolute atomic E-state index is 0.0878. The number of anilines is 2. The summed E-state index contributed by atoms with van der Waals surface area (Å²) in [5, 5.41) is 3.23. The van der Waals surface area contributed by atoms with Gasteiger partial charge in [0.05, 0.1) is 24.4 Å². The third-order valence-electron chi connectivity index (χ3n) is 4.73. The number of para-hydroxylation sites is 2. The molecule has 0 radical (unpaired) electrons. The van der Waals surface area contributed by atoms with Crippen LogP contribution in [0.3, 0.4) is 0 Å². The summed E-state index contributed by atoms with van der Waals surface area (Å²) in [6.07, 6.45) is 1.90. The van der Waals surface area contributed by atoms with Crippen molar-refractivity contribution in [2.45, 2.75) is 13.8 Å². The van der Waals surface area contributed by atoms with Crippen molar-refractivity contribution in [1.82, 2.24) is 4.90 Å². The van der Waals surface area contributed by atoms with E-state index < -0.39 is 0 Å². The number of nitrogens with one attached hydrogen (secondary N) is 1. The van der Waals surface area contributed by atoms with Gasteiger partial charge in [0.2, 0.25) is 0 Å². The molecule has 1 fully saturated rings. The lowest BCUT2D eigenvalue weighted by Gasteiger charge is -2.20. The minimum Gasteiger partial charge on any atom is -0.495 e. The van der Waals surface area contributed by atoms with E-state index >= 15 is 0 Å². The fourth-order valence-corrected chi connectivity index (χ4v) is 4.37. The first kappa shape index (κ1) is 21.2. The summed E-state index contributed by atoms with van der Waals surface area (Å²) in [6, 6.07) is 15.8. The summed E-state index contributed by atoms with van der Waals surface area (Å²) in [4.78, 5) is 17.3. The summed E-state index contributed by atoms with van der Waals surface area (Å²) in [5.41, 5.74) is 2.99. The van der Waals surface area contributed by atoms with Crippen LogP contribution in [0.15, 0.2) is 53.4 Å². The predicted molar refractivity (Wildman–Crippen MR) is 126 cm³/mol. The number of nitrogens with zero attached hydrogens (tertiary/aromatic N) is 2. The molecular formula is C22H25N3O2S2. The lowest BCUT2D eigenvalue weighted by Crippen LogP contribution is -2.33. The summed E-state index contributed by atoms with van der Waals surface area (Å²) < 4.78 is 5.88. The van der Waals surface area contributed by atoms with Gasteiger partial charge in [-0.3, -0.25) is 9.69 Å². The molecule has 29 heavy (non-hydrogen) atoms. The molecule has 152 valence electrons. The maximum absolute atomic E-state index is 12.8. The number of ether oxygens (including phenoxy) is 1. The Bertz CT molecular complexity index is 909. The molecule has 5 nitrogen and oxygen atoms in total. The standard InChI is InChI=1S/C22H25N3O2S2/c1-4-24(5-2)17-12-10-16(11-13-17)14-20-21(26)25(22(28)29-20)15-23-18-8-6-7-9-19(18)27-3/h6-14,23H,4-5,15H2,1-3H3/b20-14-. The number of thioether (sulfide) groups is 1. The van der Waals surface area contributed by atoms with Gasteiger partial charge in [0.1, 0.15) is 10.1 Å². The van der Waals surface area contributed by atoms with Gasteiger partial charge in [0, 0.05) is 18.8 Å². The Morgan fingerprint density at radius 1 is 1.14 bits per heavy atom. The van der Waals surface area contributed by atoms with Crippen LogP contribution in [0.25, 0.3) is 6.08 Å². The first-order valence-corrected chi connectivity index (χ1v) is 10.8. The van der Waals surface area contributed by atoms with E-state index in [0.29, 0.717) is 15.9 Å². The monoisotopic (exact) mass is 427 g/mol. The maximum atomic E-state index is 12.8. The molecule has 1 aliphatic heterocycles. The van der Waals surface area contributed by atoms with Gasteiger partial charge in [-0.05, 0) is 49.8 Å². The Morgan fingerprint density at radius 2 is 1.83 bits per heavy atom. The lowest BCUT2D eigenvalue weighted by molar-refractivity contribution is -0.121. The van der Waals surface area contributed by atoms with E-state index in [9.17, 15) is 4.79 Å². The van der Waals surface area contributed by atoms with Crippen LogP contribution in [-0.4, -0.2) is 42.0 Å². The van der Waals surface area contributed by atoms with Gasteiger partial charge in [0.25, 0.3) is 5.91 Å². The van der Waals surface area contributed by atoms with Crippen molar-refractivity contribution in [3.8, 4) is 5.75 Å². The Morgan fingerprint density at radius 3 is 2.48 bits per heavy atom. The first-order valence-electron chi connectivity index (χ1n) is 9.54. The zero-order valence-electron chi connectivity index (χ0n) is 16.8. The van der Waals surface area contributed by atoms with Gasteiger partial charge in [-0.15, -0.1) is 0 Å². The molecule has 3 rings (SSSR count). The summed E-state index contributed by atoms with van der Waals surface area (Å²) in [7, 11) is 1.62. The highest BCUT2D eigenvalue weighted by Gasteiger charge is 2.31. The number of benzene rings is 2. The average molecular weight is 428 g/mol. The second-order valence-corrected chi connectivity index (χ2v) is 8.08. The van der Waals surface area contributed by atoms with E-state index in [0.717, 1.165) is 30.1 Å². The number of hydrogen-bond donors (Lipinski definition) is 1. The van der Waals surface area contributed by atoms with Gasteiger partial charge in [-0.25, -0.2) is 0 Å². The van der Waals surface area contributed by atoms with Crippen molar-refractivity contribution < 1.29 is 9.53 Å². The van der Waals surface area contributed by atoms with E-state index in [4.69, 9.17) is 17.0 Å². The Labute approximate surface area is 181 Å². The molecular weight excluding hydrogens is 402 g/mol. The van der Waals surface area contributed by atoms with Crippen molar-refractivity contribution >= 4 is 51.7 Å². The largest absolute Gasteiger partial charge is 0.495 e. The van der Waals surface area contributed by atoms with Gasteiger partial charge in [-0.2, -0.15) is 0 Å². The first-order chi connectivity index (χ1) is 14.1. The van der Waals surface area contributed by atoms with Crippen LogP contribution >= 0.6 is 24.0 Å². The fraction of sp³-hybridized carbons (Fsp3) is 0.273. The molecule has 1 heterocycles. The van der Waals surface area contributed by atoms with Crippen molar-refractivity contribution in [2.24, 2.45) is 0 Å². The number of carbonyl (C=O) groups is 1. The number of rotatable bonds is 8. The molecule has 2 aromatic carbocycles. The minimum atomic E-state index is -0.0878. The maximum Gasteiger partial charge on any atom is 0.267 e. The Balaban J connectivity index is 1.69. The van der Waals surface area contributed by atoms with E-state index in [1.54, 1.807) is 12.0 Å². The summed E-state index contributed by atoms with van der Waals surface area (Å²) >= 11 is 6.75. The van der Waals surface area contributed by atoms with Crippen molar-refractivity contribution in [3.63, 3.8) is 0 Å². The van der Waals surface area contributed by atoms with Crippen molar-refractivity contribution in [2.75, 3.05) is 37.1 Å². The molecule has 0 bridgehead atoms. The molecule has 1 aliphatic rings.